The molecule has 0 aromatic heterocycles. The SMILES string of the molecule is CC(C)N1CCC(NC(=O)C(C)(N)C(F)(F)F)CC1. The Morgan fingerprint density at radius 1 is 1.32 bits per heavy atom. The average molecular weight is 281 g/mol. The van der Waals surface area contributed by atoms with Crippen molar-refractivity contribution in [2.75, 3.05) is 13.1 Å². The Hall–Kier alpha value is -0.820. The number of amides is 1. The summed E-state index contributed by atoms with van der Waals surface area (Å²) in [6, 6.07) is 0.180. The zero-order chi connectivity index (χ0) is 14.8. The van der Waals surface area contributed by atoms with Crippen LogP contribution < -0.4 is 11.1 Å². The first-order chi connectivity index (χ1) is 8.55. The topological polar surface area (TPSA) is 58.4 Å². The molecule has 112 valence electrons. The summed E-state index contributed by atoms with van der Waals surface area (Å²) in [6.07, 6.45) is -3.44. The van der Waals surface area contributed by atoms with E-state index in [1.807, 2.05) is 0 Å². The Labute approximate surface area is 111 Å². The predicted molar refractivity (Wildman–Crippen MR) is 66.5 cm³/mol. The lowest BCUT2D eigenvalue weighted by Crippen LogP contribution is -2.63. The van der Waals surface area contributed by atoms with E-state index >= 15 is 0 Å². The molecule has 0 aromatic carbocycles. The van der Waals surface area contributed by atoms with Crippen molar-refractivity contribution in [1.29, 1.82) is 0 Å². The van der Waals surface area contributed by atoms with Gasteiger partial charge in [0.2, 0.25) is 5.91 Å². The van der Waals surface area contributed by atoms with Crippen molar-refractivity contribution >= 4 is 5.91 Å². The lowest BCUT2D eigenvalue weighted by Gasteiger charge is -2.36. The molecule has 7 heteroatoms. The molecule has 19 heavy (non-hydrogen) atoms. The number of carbonyl (C=O) groups is 1. The molecule has 1 unspecified atom stereocenters. The summed E-state index contributed by atoms with van der Waals surface area (Å²) < 4.78 is 37.8. The average Bonchev–Trinajstić information content (AvgIpc) is 2.28. The van der Waals surface area contributed by atoms with E-state index in [4.69, 9.17) is 5.73 Å². The highest BCUT2D eigenvalue weighted by Crippen LogP contribution is 2.28. The van der Waals surface area contributed by atoms with Gasteiger partial charge in [-0.1, -0.05) is 0 Å². The number of carbonyl (C=O) groups excluding carboxylic acids is 1. The molecule has 0 spiro atoms. The number of nitrogens with one attached hydrogen (secondary N) is 1. The van der Waals surface area contributed by atoms with Crippen LogP contribution in [0.2, 0.25) is 0 Å². The van der Waals surface area contributed by atoms with Crippen molar-refractivity contribution in [1.82, 2.24) is 10.2 Å². The molecule has 0 radical (unpaired) electrons. The summed E-state index contributed by atoms with van der Waals surface area (Å²) in [6.45, 7) is 6.39. The van der Waals surface area contributed by atoms with Crippen LogP contribution in [0.25, 0.3) is 0 Å². The molecule has 0 aromatic rings. The van der Waals surface area contributed by atoms with Gasteiger partial charge in [-0.15, -0.1) is 0 Å². The van der Waals surface area contributed by atoms with Crippen LogP contribution in [0.4, 0.5) is 13.2 Å². The predicted octanol–water partition coefficient (Wildman–Crippen LogP) is 1.26. The van der Waals surface area contributed by atoms with Crippen molar-refractivity contribution in [2.45, 2.75) is 57.4 Å². The molecule has 1 aliphatic rings. The van der Waals surface area contributed by atoms with Crippen molar-refractivity contribution in [3.63, 3.8) is 0 Å². The van der Waals surface area contributed by atoms with Crippen LogP contribution in [0.1, 0.15) is 33.6 Å². The van der Waals surface area contributed by atoms with Gasteiger partial charge in [0.15, 0.2) is 5.54 Å². The number of nitrogens with zero attached hydrogens (tertiary/aromatic N) is 1. The maximum Gasteiger partial charge on any atom is 0.415 e. The quantitative estimate of drug-likeness (QED) is 0.818. The molecule has 1 amide bonds. The number of likely N-dealkylation sites (tertiary alicyclic amines) is 1. The van der Waals surface area contributed by atoms with Crippen LogP contribution in [0.5, 0.6) is 0 Å². The Kier molecular flexibility index (Phi) is 4.84. The van der Waals surface area contributed by atoms with Gasteiger partial charge in [-0.2, -0.15) is 13.2 Å². The fraction of sp³-hybridized carbons (Fsp3) is 0.917. The van der Waals surface area contributed by atoms with Crippen LogP contribution in [-0.4, -0.2) is 47.7 Å². The van der Waals surface area contributed by atoms with Gasteiger partial charge in [-0.05, 0) is 33.6 Å². The second-order valence-corrected chi connectivity index (χ2v) is 5.58. The van der Waals surface area contributed by atoms with Gasteiger partial charge in [-0.3, -0.25) is 4.79 Å². The zero-order valence-electron chi connectivity index (χ0n) is 11.5. The highest BCUT2D eigenvalue weighted by Gasteiger charge is 2.54. The third-order valence-electron chi connectivity index (χ3n) is 3.66. The van der Waals surface area contributed by atoms with Gasteiger partial charge in [0.05, 0.1) is 0 Å². The monoisotopic (exact) mass is 281 g/mol. The third kappa shape index (κ3) is 3.82. The summed E-state index contributed by atoms with van der Waals surface area (Å²) in [5, 5.41) is 2.41. The molecule has 1 rings (SSSR count). The van der Waals surface area contributed by atoms with Crippen LogP contribution in [-0.2, 0) is 4.79 Å². The van der Waals surface area contributed by atoms with Crippen LogP contribution >= 0.6 is 0 Å². The number of alkyl halides is 3. The first-order valence-electron chi connectivity index (χ1n) is 6.46. The number of nitrogens with two attached hydrogens (primary N) is 1. The summed E-state index contributed by atoms with van der Waals surface area (Å²) >= 11 is 0. The largest absolute Gasteiger partial charge is 0.415 e. The van der Waals surface area contributed by atoms with E-state index in [0.29, 0.717) is 25.8 Å². The fourth-order valence-electron chi connectivity index (χ4n) is 2.02. The molecule has 1 aliphatic heterocycles. The molecule has 4 nitrogen and oxygen atoms in total. The van der Waals surface area contributed by atoms with Crippen molar-refractivity contribution in [3.05, 3.63) is 0 Å². The summed E-state index contributed by atoms with van der Waals surface area (Å²) in [7, 11) is 0. The molecule has 1 saturated heterocycles. The Bertz CT molecular complexity index is 321. The molecule has 1 atom stereocenters. The number of hydrogen-bond donors (Lipinski definition) is 2. The minimum atomic E-state index is -4.74. The van der Waals surface area contributed by atoms with Crippen molar-refractivity contribution in [2.24, 2.45) is 5.73 Å². The van der Waals surface area contributed by atoms with Gasteiger partial charge in [-0.25, -0.2) is 0 Å². The number of hydrogen-bond acceptors (Lipinski definition) is 3. The number of rotatable bonds is 3. The van der Waals surface area contributed by atoms with E-state index in [2.05, 4.69) is 24.1 Å². The van der Waals surface area contributed by atoms with Gasteiger partial charge in [0.25, 0.3) is 0 Å². The Morgan fingerprint density at radius 2 is 1.79 bits per heavy atom. The highest BCUT2D eigenvalue weighted by atomic mass is 19.4. The van der Waals surface area contributed by atoms with Gasteiger partial charge < -0.3 is 16.0 Å². The molecule has 0 bridgehead atoms. The fourth-order valence-corrected chi connectivity index (χ4v) is 2.02. The summed E-state index contributed by atoms with van der Waals surface area (Å²) in [5.41, 5.74) is 2.25. The molecule has 1 fully saturated rings. The lowest BCUT2D eigenvalue weighted by atomic mass is 9.98. The first-order valence-corrected chi connectivity index (χ1v) is 6.46. The van der Waals surface area contributed by atoms with E-state index in [1.165, 1.54) is 0 Å². The van der Waals surface area contributed by atoms with Gasteiger partial charge >= 0.3 is 6.18 Å². The molecular weight excluding hydrogens is 259 g/mol. The van der Waals surface area contributed by atoms with E-state index in [-0.39, 0.29) is 6.04 Å². The van der Waals surface area contributed by atoms with E-state index < -0.39 is 17.6 Å². The van der Waals surface area contributed by atoms with Crippen molar-refractivity contribution < 1.29 is 18.0 Å². The Balaban J connectivity index is 2.52. The first kappa shape index (κ1) is 16.2. The number of halogens is 3. The Morgan fingerprint density at radius 3 is 2.16 bits per heavy atom. The lowest BCUT2D eigenvalue weighted by molar-refractivity contribution is -0.187. The van der Waals surface area contributed by atoms with E-state index in [0.717, 1.165) is 13.1 Å². The third-order valence-corrected chi connectivity index (χ3v) is 3.66. The number of piperidine rings is 1. The summed E-state index contributed by atoms with van der Waals surface area (Å²) in [4.78, 5) is 13.9. The van der Waals surface area contributed by atoms with Gasteiger partial charge in [0, 0.05) is 25.2 Å². The van der Waals surface area contributed by atoms with E-state index in [9.17, 15) is 18.0 Å². The minimum Gasteiger partial charge on any atom is -0.351 e. The van der Waals surface area contributed by atoms with Gasteiger partial charge in [0.1, 0.15) is 0 Å². The highest BCUT2D eigenvalue weighted by molar-refractivity contribution is 5.86. The zero-order valence-corrected chi connectivity index (χ0v) is 11.5. The second-order valence-electron chi connectivity index (χ2n) is 5.58. The molecule has 0 saturated carbocycles. The van der Waals surface area contributed by atoms with E-state index in [1.54, 1.807) is 0 Å². The van der Waals surface area contributed by atoms with Crippen molar-refractivity contribution in [3.8, 4) is 0 Å². The molecule has 0 aliphatic carbocycles. The maximum atomic E-state index is 12.6. The summed E-state index contributed by atoms with van der Waals surface area (Å²) in [5.74, 6) is -1.15. The maximum absolute atomic E-state index is 12.6. The van der Waals surface area contributed by atoms with Crippen LogP contribution in [0.15, 0.2) is 0 Å². The smallest absolute Gasteiger partial charge is 0.351 e. The minimum absolute atomic E-state index is 0.229. The molecular formula is C12H22F3N3O. The molecule has 1 heterocycles. The second kappa shape index (κ2) is 5.66. The molecule has 3 N–H and O–H groups in total. The standard InChI is InChI=1S/C12H22F3N3O/c1-8(2)18-6-4-9(5-7-18)17-10(19)11(3,16)12(13,14)15/h8-9H,4-7,16H2,1-3H3,(H,17,19). The normalized spacial score (nSPS) is 22.3. The van der Waals surface area contributed by atoms with Crippen LogP contribution in [0, 0.1) is 0 Å². The van der Waals surface area contributed by atoms with Crippen LogP contribution in [0.3, 0.4) is 0 Å².